The summed E-state index contributed by atoms with van der Waals surface area (Å²) in [4.78, 5) is 13.7. The van der Waals surface area contributed by atoms with Crippen LogP contribution in [0.25, 0.3) is 0 Å². The summed E-state index contributed by atoms with van der Waals surface area (Å²) in [7, 11) is 0. The molecule has 4 nitrogen and oxygen atoms in total. The van der Waals surface area contributed by atoms with E-state index < -0.39 is 17.2 Å². The van der Waals surface area contributed by atoms with Gasteiger partial charge in [-0.1, -0.05) is 45.2 Å². The van der Waals surface area contributed by atoms with Crippen molar-refractivity contribution in [3.63, 3.8) is 0 Å². The van der Waals surface area contributed by atoms with Crippen molar-refractivity contribution in [2.75, 3.05) is 5.32 Å². The molecule has 1 aromatic heterocycles. The van der Waals surface area contributed by atoms with Gasteiger partial charge in [0.15, 0.2) is 5.78 Å². The fourth-order valence-electron chi connectivity index (χ4n) is 6.25. The van der Waals surface area contributed by atoms with Gasteiger partial charge in [-0.05, 0) is 69.6 Å². The number of benzene rings is 1. The maximum absolute atomic E-state index is 13.7. The Bertz CT molecular complexity index is 1030. The Labute approximate surface area is 206 Å². The van der Waals surface area contributed by atoms with E-state index in [0.717, 1.165) is 29.9 Å². The van der Waals surface area contributed by atoms with Crippen LogP contribution in [0.2, 0.25) is 0 Å². The van der Waals surface area contributed by atoms with Crippen molar-refractivity contribution in [1.82, 2.24) is 9.78 Å². The van der Waals surface area contributed by atoms with E-state index in [1.807, 2.05) is 18.5 Å². The molecule has 1 aliphatic heterocycles. The maximum atomic E-state index is 13.7. The monoisotopic (exact) mass is 489 g/mol. The Morgan fingerprint density at radius 2 is 1.66 bits per heavy atom. The highest BCUT2D eigenvalue weighted by Crippen LogP contribution is 2.42. The molecule has 2 aromatic rings. The van der Waals surface area contributed by atoms with Crippen molar-refractivity contribution >= 4 is 11.6 Å². The van der Waals surface area contributed by atoms with Crippen LogP contribution in [0, 0.1) is 5.92 Å². The van der Waals surface area contributed by atoms with E-state index in [0.29, 0.717) is 30.4 Å². The molecule has 1 aliphatic carbocycles. The molecule has 1 fully saturated rings. The smallest absolute Gasteiger partial charge is 0.367 e. The average molecular weight is 490 g/mol. The third kappa shape index (κ3) is 5.01. The topological polar surface area (TPSA) is 46.9 Å². The van der Waals surface area contributed by atoms with Crippen molar-refractivity contribution < 1.29 is 18.0 Å². The molecule has 2 aliphatic rings. The summed E-state index contributed by atoms with van der Waals surface area (Å²) in [5.41, 5.74) is -0.0147. The van der Waals surface area contributed by atoms with Gasteiger partial charge >= 0.3 is 6.18 Å². The lowest BCUT2D eigenvalue weighted by Gasteiger charge is -2.42. The van der Waals surface area contributed by atoms with Gasteiger partial charge in [0, 0.05) is 17.9 Å². The Morgan fingerprint density at radius 3 is 2.23 bits per heavy atom. The Kier molecular flexibility index (Phi) is 7.09. The largest absolute Gasteiger partial charge is 0.416 e. The number of anilines is 1. The average Bonchev–Trinajstić information content (AvgIpc) is 3.28. The minimum atomic E-state index is -4.37. The summed E-state index contributed by atoms with van der Waals surface area (Å²) in [5.74, 6) is 1.39. The highest BCUT2D eigenvalue weighted by atomic mass is 19.4. The summed E-state index contributed by atoms with van der Waals surface area (Å²) in [5, 5.41) is 8.30. The summed E-state index contributed by atoms with van der Waals surface area (Å²) >= 11 is 0. The molecule has 7 heteroatoms. The zero-order valence-corrected chi connectivity index (χ0v) is 21.3. The summed E-state index contributed by atoms with van der Waals surface area (Å²) in [6, 6.07) is 5.65. The molecule has 1 atom stereocenters. The van der Waals surface area contributed by atoms with E-state index in [1.54, 1.807) is 6.20 Å². The molecular formula is C28H38F3N3O. The Morgan fingerprint density at radius 1 is 1.06 bits per heavy atom. The zero-order valence-electron chi connectivity index (χ0n) is 21.3. The number of rotatable bonds is 7. The molecule has 1 N–H and O–H groups in total. The van der Waals surface area contributed by atoms with Crippen LogP contribution in [0.5, 0.6) is 0 Å². The van der Waals surface area contributed by atoms with E-state index in [1.165, 1.54) is 44.2 Å². The highest BCUT2D eigenvalue weighted by molar-refractivity contribution is 6.01. The summed E-state index contributed by atoms with van der Waals surface area (Å²) in [6.07, 6.45) is 6.09. The number of hydrogen-bond donors (Lipinski definition) is 1. The highest BCUT2D eigenvalue weighted by Gasteiger charge is 2.40. The lowest BCUT2D eigenvalue weighted by atomic mass is 9.71. The van der Waals surface area contributed by atoms with E-state index in [9.17, 15) is 18.0 Å². The molecule has 35 heavy (non-hydrogen) atoms. The number of Topliss-reactive ketones (excluding diaryl/α,β-unsaturated/α-hetero) is 1. The molecule has 0 saturated heterocycles. The van der Waals surface area contributed by atoms with E-state index in [4.69, 9.17) is 0 Å². The first-order valence-corrected chi connectivity index (χ1v) is 13.1. The van der Waals surface area contributed by atoms with Crippen molar-refractivity contribution in [3.05, 3.63) is 47.2 Å². The van der Waals surface area contributed by atoms with Crippen LogP contribution in [0.4, 0.5) is 19.0 Å². The predicted octanol–water partition coefficient (Wildman–Crippen LogP) is 7.73. The normalized spacial score (nSPS) is 20.8. The van der Waals surface area contributed by atoms with Crippen molar-refractivity contribution in [3.8, 4) is 0 Å². The first-order chi connectivity index (χ1) is 16.5. The van der Waals surface area contributed by atoms with Gasteiger partial charge in [-0.15, -0.1) is 0 Å². The van der Waals surface area contributed by atoms with Crippen LogP contribution in [-0.2, 0) is 17.1 Å². The van der Waals surface area contributed by atoms with Crippen LogP contribution < -0.4 is 5.32 Å². The predicted molar refractivity (Wildman–Crippen MR) is 133 cm³/mol. The quantitative estimate of drug-likeness (QED) is 0.405. The van der Waals surface area contributed by atoms with Gasteiger partial charge in [0.2, 0.25) is 0 Å². The fraction of sp³-hybridized carbons (Fsp3) is 0.643. The first-order valence-electron chi connectivity index (χ1n) is 13.1. The summed E-state index contributed by atoms with van der Waals surface area (Å²) in [6.45, 7) is 8.36. The van der Waals surface area contributed by atoms with Gasteiger partial charge < -0.3 is 5.32 Å². The van der Waals surface area contributed by atoms with Crippen LogP contribution >= 0.6 is 0 Å². The standard InChI is InChI=1S/C28H38F3N3O/c1-5-27(6-2,20-12-14-21(15-13-20)28(29,30)31)17-24(35)22-18-32-34-25(22)33-23(16-26(34,3)4)19-10-8-7-9-11-19/h12-15,18-19,23,33H,5-11,16-17H2,1-4H3. The number of nitrogens with zero attached hydrogens (tertiary/aromatic N) is 2. The van der Waals surface area contributed by atoms with Crippen molar-refractivity contribution in [1.29, 1.82) is 0 Å². The Balaban J connectivity index is 1.61. The second kappa shape index (κ2) is 9.62. The van der Waals surface area contributed by atoms with Gasteiger partial charge in [-0.2, -0.15) is 18.3 Å². The van der Waals surface area contributed by atoms with E-state index in [2.05, 4.69) is 24.3 Å². The maximum Gasteiger partial charge on any atom is 0.416 e. The number of alkyl halides is 3. The number of aromatic nitrogens is 2. The van der Waals surface area contributed by atoms with Gasteiger partial charge in [0.25, 0.3) is 0 Å². The van der Waals surface area contributed by atoms with Gasteiger partial charge in [-0.25, -0.2) is 4.68 Å². The molecule has 0 bridgehead atoms. The van der Waals surface area contributed by atoms with Crippen LogP contribution in [0.15, 0.2) is 30.5 Å². The molecule has 2 heterocycles. The molecule has 1 unspecified atom stereocenters. The lowest BCUT2D eigenvalue weighted by molar-refractivity contribution is -0.137. The molecule has 1 saturated carbocycles. The molecule has 4 rings (SSSR count). The fourth-order valence-corrected chi connectivity index (χ4v) is 6.25. The first kappa shape index (κ1) is 25.8. The molecule has 0 spiro atoms. The number of carbonyl (C=O) groups excluding carboxylic acids is 1. The Hall–Kier alpha value is -2.31. The molecule has 192 valence electrons. The summed E-state index contributed by atoms with van der Waals surface area (Å²) < 4.78 is 41.2. The molecular weight excluding hydrogens is 451 g/mol. The number of carbonyl (C=O) groups is 1. The minimum Gasteiger partial charge on any atom is -0.367 e. The second-order valence-corrected chi connectivity index (χ2v) is 11.1. The number of halogens is 3. The second-order valence-electron chi connectivity index (χ2n) is 11.1. The van der Waals surface area contributed by atoms with Gasteiger partial charge in [-0.3, -0.25) is 4.79 Å². The third-order valence-electron chi connectivity index (χ3n) is 8.58. The number of nitrogens with one attached hydrogen (secondary N) is 1. The van der Waals surface area contributed by atoms with Crippen molar-refractivity contribution in [2.45, 2.75) is 109 Å². The SMILES string of the molecule is CCC(CC)(CC(=O)c1cnn2c1NC(C1CCCCC1)CC2(C)C)c1ccc(C(F)(F)F)cc1. The van der Waals surface area contributed by atoms with Gasteiger partial charge in [0.05, 0.1) is 22.9 Å². The number of hydrogen-bond acceptors (Lipinski definition) is 3. The lowest BCUT2D eigenvalue weighted by Crippen LogP contribution is -2.45. The third-order valence-corrected chi connectivity index (χ3v) is 8.58. The van der Waals surface area contributed by atoms with E-state index >= 15 is 0 Å². The molecule has 1 aromatic carbocycles. The number of ketones is 1. The molecule has 0 amide bonds. The van der Waals surface area contributed by atoms with E-state index in [-0.39, 0.29) is 17.7 Å². The van der Waals surface area contributed by atoms with Crippen LogP contribution in [0.3, 0.4) is 0 Å². The zero-order chi connectivity index (χ0) is 25.4. The molecule has 0 radical (unpaired) electrons. The van der Waals surface area contributed by atoms with Crippen LogP contribution in [-0.4, -0.2) is 21.6 Å². The minimum absolute atomic E-state index is 0.0116. The number of fused-ring (bicyclic) bond motifs is 1. The van der Waals surface area contributed by atoms with Crippen LogP contribution in [0.1, 0.15) is 107 Å². The van der Waals surface area contributed by atoms with Crippen molar-refractivity contribution in [2.24, 2.45) is 5.92 Å². The van der Waals surface area contributed by atoms with Gasteiger partial charge in [0.1, 0.15) is 5.82 Å².